The minimum atomic E-state index is 0.128. The van der Waals surface area contributed by atoms with Gasteiger partial charge >= 0.3 is 0 Å². The van der Waals surface area contributed by atoms with Gasteiger partial charge in [0.2, 0.25) is 0 Å². The first kappa shape index (κ1) is 13.3. The molecule has 0 unspecified atom stereocenters. The summed E-state index contributed by atoms with van der Waals surface area (Å²) in [6.45, 7) is 0. The Bertz CT molecular complexity index is 1120. The van der Waals surface area contributed by atoms with Crippen molar-refractivity contribution >= 4 is 16.6 Å². The highest BCUT2D eigenvalue weighted by atomic mass is 16.1. The van der Waals surface area contributed by atoms with E-state index >= 15 is 0 Å². The second-order valence-corrected chi connectivity index (χ2v) is 6.20. The van der Waals surface area contributed by atoms with Gasteiger partial charge in [0.25, 0.3) is 0 Å². The monoisotopic (exact) mass is 306 g/mol. The van der Waals surface area contributed by atoms with Crippen LogP contribution in [0.25, 0.3) is 33.0 Å². The Morgan fingerprint density at radius 3 is 1.96 bits per heavy atom. The molecule has 0 aromatic heterocycles. The lowest BCUT2D eigenvalue weighted by atomic mass is 9.97. The molecular formula is C23H14O. The van der Waals surface area contributed by atoms with E-state index in [0.29, 0.717) is 0 Å². The van der Waals surface area contributed by atoms with E-state index in [1.54, 1.807) is 0 Å². The normalized spacial score (nSPS) is 12.2. The molecule has 0 spiro atoms. The first-order chi connectivity index (χ1) is 11.8. The van der Waals surface area contributed by atoms with E-state index in [-0.39, 0.29) is 5.78 Å². The molecule has 0 N–H and O–H groups in total. The molecule has 0 atom stereocenters. The first-order valence-corrected chi connectivity index (χ1v) is 8.08. The lowest BCUT2D eigenvalue weighted by molar-refractivity contribution is 0.104. The third kappa shape index (κ3) is 1.85. The van der Waals surface area contributed by atoms with E-state index in [4.69, 9.17) is 0 Å². The average molecular weight is 306 g/mol. The van der Waals surface area contributed by atoms with Crippen LogP contribution in [0, 0.1) is 0 Å². The number of carbonyl (C=O) groups excluding carboxylic acids is 1. The minimum absolute atomic E-state index is 0.128. The molecule has 0 saturated carbocycles. The number of hydrogen-bond donors (Lipinski definition) is 0. The predicted molar refractivity (Wildman–Crippen MR) is 98.3 cm³/mol. The van der Waals surface area contributed by atoms with Crippen LogP contribution in [0.1, 0.15) is 15.9 Å². The molecule has 0 bridgehead atoms. The average Bonchev–Trinajstić information content (AvgIpc) is 2.94. The highest BCUT2D eigenvalue weighted by Crippen LogP contribution is 2.38. The molecule has 0 heterocycles. The van der Waals surface area contributed by atoms with E-state index < -0.39 is 0 Å². The molecule has 0 fully saturated rings. The van der Waals surface area contributed by atoms with Crippen molar-refractivity contribution in [3.63, 3.8) is 0 Å². The van der Waals surface area contributed by atoms with E-state index in [2.05, 4.69) is 48.5 Å². The van der Waals surface area contributed by atoms with E-state index in [0.717, 1.165) is 33.4 Å². The Labute approximate surface area is 140 Å². The number of hydrogen-bond acceptors (Lipinski definition) is 1. The molecule has 112 valence electrons. The first-order valence-electron chi connectivity index (χ1n) is 8.08. The molecule has 1 aliphatic carbocycles. The molecule has 1 heteroatoms. The second kappa shape index (κ2) is 4.90. The van der Waals surface area contributed by atoms with Crippen LogP contribution in [0.15, 0.2) is 84.9 Å². The molecule has 0 saturated heterocycles. The summed E-state index contributed by atoms with van der Waals surface area (Å²) in [5, 5.41) is 2.44. The van der Waals surface area contributed by atoms with Gasteiger partial charge in [-0.25, -0.2) is 0 Å². The number of ketones is 1. The fourth-order valence-electron chi connectivity index (χ4n) is 3.58. The quantitative estimate of drug-likeness (QED) is 0.387. The zero-order chi connectivity index (χ0) is 16.1. The van der Waals surface area contributed by atoms with Crippen molar-refractivity contribution in [1.29, 1.82) is 0 Å². The van der Waals surface area contributed by atoms with Gasteiger partial charge in [-0.15, -0.1) is 0 Å². The third-order valence-electron chi connectivity index (χ3n) is 4.81. The SMILES string of the molecule is O=C1c2ccccc2-c2ccc(-c3ccc4ccccc4c3)cc21. The van der Waals surface area contributed by atoms with Crippen LogP contribution < -0.4 is 0 Å². The molecule has 24 heavy (non-hydrogen) atoms. The summed E-state index contributed by atoms with van der Waals surface area (Å²) in [7, 11) is 0. The van der Waals surface area contributed by atoms with Crippen LogP contribution in [-0.4, -0.2) is 5.78 Å². The van der Waals surface area contributed by atoms with Crippen LogP contribution >= 0.6 is 0 Å². The van der Waals surface area contributed by atoms with Gasteiger partial charge in [0.1, 0.15) is 0 Å². The standard InChI is InChI=1S/C23H14O/c24-23-21-8-4-3-7-19(21)20-12-11-18(14-22(20)23)17-10-9-15-5-1-2-6-16(15)13-17/h1-14H. The van der Waals surface area contributed by atoms with E-state index in [1.807, 2.05) is 36.4 Å². The highest BCUT2D eigenvalue weighted by molar-refractivity contribution is 6.22. The topological polar surface area (TPSA) is 17.1 Å². The van der Waals surface area contributed by atoms with Crippen molar-refractivity contribution in [1.82, 2.24) is 0 Å². The summed E-state index contributed by atoms with van der Waals surface area (Å²) in [6.07, 6.45) is 0. The van der Waals surface area contributed by atoms with Crippen molar-refractivity contribution in [2.45, 2.75) is 0 Å². The number of benzene rings is 4. The fourth-order valence-corrected chi connectivity index (χ4v) is 3.58. The Morgan fingerprint density at radius 1 is 0.458 bits per heavy atom. The van der Waals surface area contributed by atoms with Crippen molar-refractivity contribution in [2.24, 2.45) is 0 Å². The Balaban J connectivity index is 1.67. The smallest absolute Gasteiger partial charge is 0.194 e. The van der Waals surface area contributed by atoms with E-state index in [1.165, 1.54) is 10.8 Å². The van der Waals surface area contributed by atoms with Crippen molar-refractivity contribution in [3.8, 4) is 22.3 Å². The number of carbonyl (C=O) groups is 1. The van der Waals surface area contributed by atoms with E-state index in [9.17, 15) is 4.79 Å². The summed E-state index contributed by atoms with van der Waals surface area (Å²) in [4.78, 5) is 12.7. The Hall–Kier alpha value is -3.19. The van der Waals surface area contributed by atoms with Gasteiger partial charge in [0, 0.05) is 11.1 Å². The number of rotatable bonds is 1. The van der Waals surface area contributed by atoms with Crippen LogP contribution in [-0.2, 0) is 0 Å². The Kier molecular flexibility index (Phi) is 2.71. The van der Waals surface area contributed by atoms with Gasteiger partial charge in [-0.1, -0.05) is 72.8 Å². The molecule has 5 rings (SSSR count). The number of fused-ring (bicyclic) bond motifs is 4. The van der Waals surface area contributed by atoms with Gasteiger partial charge < -0.3 is 0 Å². The molecule has 4 aromatic rings. The summed E-state index contributed by atoms with van der Waals surface area (Å²) < 4.78 is 0. The van der Waals surface area contributed by atoms with Gasteiger partial charge in [-0.2, -0.15) is 0 Å². The van der Waals surface area contributed by atoms with Gasteiger partial charge in [0.05, 0.1) is 0 Å². The molecule has 0 aliphatic heterocycles. The molecule has 0 radical (unpaired) electrons. The molecular weight excluding hydrogens is 292 g/mol. The Morgan fingerprint density at radius 2 is 1.08 bits per heavy atom. The van der Waals surface area contributed by atoms with Crippen LogP contribution in [0.4, 0.5) is 0 Å². The molecule has 4 aromatic carbocycles. The van der Waals surface area contributed by atoms with Gasteiger partial charge in [0.15, 0.2) is 5.78 Å². The summed E-state index contributed by atoms with van der Waals surface area (Å²) >= 11 is 0. The maximum atomic E-state index is 12.7. The van der Waals surface area contributed by atoms with Crippen LogP contribution in [0.5, 0.6) is 0 Å². The zero-order valence-corrected chi connectivity index (χ0v) is 13.0. The molecule has 1 aliphatic rings. The summed E-state index contributed by atoms with van der Waals surface area (Å²) in [5.41, 5.74) is 5.92. The van der Waals surface area contributed by atoms with Crippen LogP contribution in [0.2, 0.25) is 0 Å². The van der Waals surface area contributed by atoms with Crippen molar-refractivity contribution in [2.75, 3.05) is 0 Å². The maximum absolute atomic E-state index is 12.7. The third-order valence-corrected chi connectivity index (χ3v) is 4.81. The van der Waals surface area contributed by atoms with Crippen molar-refractivity contribution < 1.29 is 4.79 Å². The van der Waals surface area contributed by atoms with Gasteiger partial charge in [-0.3, -0.25) is 4.79 Å². The highest BCUT2D eigenvalue weighted by Gasteiger charge is 2.26. The van der Waals surface area contributed by atoms with Crippen molar-refractivity contribution in [3.05, 3.63) is 96.1 Å². The maximum Gasteiger partial charge on any atom is 0.194 e. The summed E-state index contributed by atoms with van der Waals surface area (Å²) in [6, 6.07) is 28.8. The predicted octanol–water partition coefficient (Wildman–Crippen LogP) is 5.72. The fraction of sp³-hybridized carbons (Fsp3) is 0. The van der Waals surface area contributed by atoms with Crippen LogP contribution in [0.3, 0.4) is 0 Å². The lowest BCUT2D eigenvalue weighted by Crippen LogP contribution is -1.95. The minimum Gasteiger partial charge on any atom is -0.289 e. The van der Waals surface area contributed by atoms with Gasteiger partial charge in [-0.05, 0) is 45.2 Å². The molecule has 1 nitrogen and oxygen atoms in total. The second-order valence-electron chi connectivity index (χ2n) is 6.20. The summed E-state index contributed by atoms with van der Waals surface area (Å²) in [5.74, 6) is 0.128. The lowest BCUT2D eigenvalue weighted by Gasteiger charge is -2.07. The largest absolute Gasteiger partial charge is 0.289 e. The zero-order valence-electron chi connectivity index (χ0n) is 13.0. The molecule has 0 amide bonds.